The summed E-state index contributed by atoms with van der Waals surface area (Å²) in [6.07, 6.45) is -0.192. The maximum atomic E-state index is 15.1. The molecular weight excluding hydrogens is 391 g/mol. The van der Waals surface area contributed by atoms with Gasteiger partial charge < -0.3 is 20.1 Å². The second-order valence-corrected chi connectivity index (χ2v) is 8.16. The number of rotatable bonds is 3. The summed E-state index contributed by atoms with van der Waals surface area (Å²) in [7, 11) is 1.80. The van der Waals surface area contributed by atoms with Gasteiger partial charge in [-0.3, -0.25) is 4.79 Å². The van der Waals surface area contributed by atoms with Crippen LogP contribution in [0.2, 0.25) is 5.15 Å². The van der Waals surface area contributed by atoms with Crippen LogP contribution in [0.5, 0.6) is 0 Å². The van der Waals surface area contributed by atoms with Gasteiger partial charge in [-0.1, -0.05) is 11.6 Å². The van der Waals surface area contributed by atoms with Gasteiger partial charge in [-0.25, -0.2) is 19.1 Å². The molecule has 1 saturated heterocycles. The van der Waals surface area contributed by atoms with E-state index in [0.29, 0.717) is 19.6 Å². The summed E-state index contributed by atoms with van der Waals surface area (Å²) in [5, 5.41) is 6.03. The molecule has 10 heteroatoms. The van der Waals surface area contributed by atoms with Gasteiger partial charge in [-0.15, -0.1) is 0 Å². The van der Waals surface area contributed by atoms with Crippen molar-refractivity contribution in [2.24, 2.45) is 0 Å². The Labute approximate surface area is 167 Å². The van der Waals surface area contributed by atoms with Crippen molar-refractivity contribution in [3.05, 3.63) is 22.1 Å². The first-order chi connectivity index (χ1) is 13.1. The number of nitrogens with one attached hydrogen (secondary N) is 2. The lowest BCUT2D eigenvalue weighted by Crippen LogP contribution is -2.49. The average molecular weight is 415 g/mol. The molecule has 3 rings (SSSR count). The molecule has 0 bridgehead atoms. The highest BCUT2D eigenvalue weighted by atomic mass is 35.5. The van der Waals surface area contributed by atoms with Gasteiger partial charge in [0.25, 0.3) is 5.91 Å². The van der Waals surface area contributed by atoms with Crippen LogP contribution in [0.3, 0.4) is 0 Å². The van der Waals surface area contributed by atoms with E-state index in [1.807, 2.05) is 0 Å². The second-order valence-electron chi connectivity index (χ2n) is 7.80. The van der Waals surface area contributed by atoms with Crippen molar-refractivity contribution in [1.29, 1.82) is 0 Å². The van der Waals surface area contributed by atoms with Crippen LogP contribution in [-0.4, -0.2) is 59.8 Å². The molecule has 3 heterocycles. The molecule has 8 nitrogen and oxygen atoms in total. The first-order valence-electron chi connectivity index (χ1n) is 9.06. The molecule has 1 aromatic heterocycles. The summed E-state index contributed by atoms with van der Waals surface area (Å²) in [6.45, 7) is 5.82. The van der Waals surface area contributed by atoms with Gasteiger partial charge >= 0.3 is 6.09 Å². The number of carbonyl (C=O) groups excluding carboxylic acids is 2. The number of ether oxygens (including phenoxy) is 2. The molecule has 0 radical (unpaired) electrons. The molecular formula is C18H24ClFN4O4. The number of imide groups is 1. The molecule has 0 aliphatic carbocycles. The third-order valence-corrected chi connectivity index (χ3v) is 4.90. The van der Waals surface area contributed by atoms with Crippen molar-refractivity contribution in [1.82, 2.24) is 15.2 Å². The Bertz CT molecular complexity index is 799. The van der Waals surface area contributed by atoms with E-state index in [1.54, 1.807) is 27.8 Å². The van der Waals surface area contributed by atoms with Crippen molar-refractivity contribution in [2.45, 2.75) is 51.4 Å². The molecule has 2 atom stereocenters. The van der Waals surface area contributed by atoms with Crippen molar-refractivity contribution >= 4 is 29.4 Å². The molecule has 2 aliphatic rings. The fourth-order valence-corrected chi connectivity index (χ4v) is 3.52. The fourth-order valence-electron chi connectivity index (χ4n) is 3.24. The number of aromatic nitrogens is 1. The zero-order chi connectivity index (χ0) is 20.6. The van der Waals surface area contributed by atoms with E-state index in [-0.39, 0.29) is 40.7 Å². The molecule has 2 unspecified atom stereocenters. The van der Waals surface area contributed by atoms with Crippen molar-refractivity contribution < 1.29 is 23.5 Å². The normalized spacial score (nSPS) is 22.2. The van der Waals surface area contributed by atoms with Crippen LogP contribution in [0.4, 0.5) is 15.0 Å². The number of amides is 2. The number of nitrogens with zero attached hydrogens (tertiary/aromatic N) is 2. The lowest BCUT2D eigenvalue weighted by Gasteiger charge is -2.32. The molecule has 0 saturated carbocycles. The highest BCUT2D eigenvalue weighted by Gasteiger charge is 2.40. The van der Waals surface area contributed by atoms with E-state index < -0.39 is 23.4 Å². The molecule has 2 N–H and O–H groups in total. The summed E-state index contributed by atoms with van der Waals surface area (Å²) >= 11 is 6.17. The second kappa shape index (κ2) is 7.81. The number of likely N-dealkylation sites (N-methyl/N-ethyl adjacent to an activating group) is 1. The number of anilines is 1. The van der Waals surface area contributed by atoms with E-state index in [4.69, 9.17) is 21.1 Å². The lowest BCUT2D eigenvalue weighted by molar-refractivity contribution is 0.0247. The number of fused-ring (bicyclic) bond motifs is 1. The average Bonchev–Trinajstić information content (AvgIpc) is 2.97. The zero-order valence-electron chi connectivity index (χ0n) is 16.3. The van der Waals surface area contributed by atoms with Gasteiger partial charge in [0.2, 0.25) is 0 Å². The Kier molecular flexibility index (Phi) is 5.79. The quantitative estimate of drug-likeness (QED) is 0.734. The molecule has 154 valence electrons. The minimum Gasteiger partial charge on any atom is -0.443 e. The first kappa shape index (κ1) is 20.8. The Morgan fingerprint density at radius 1 is 1.39 bits per heavy atom. The van der Waals surface area contributed by atoms with Crippen LogP contribution >= 0.6 is 11.6 Å². The van der Waals surface area contributed by atoms with E-state index in [2.05, 4.69) is 15.6 Å². The predicted molar refractivity (Wildman–Crippen MR) is 101 cm³/mol. The van der Waals surface area contributed by atoms with Crippen LogP contribution in [0.25, 0.3) is 0 Å². The Morgan fingerprint density at radius 2 is 2.11 bits per heavy atom. The molecule has 0 aromatic carbocycles. The number of carbonyl (C=O) groups is 2. The van der Waals surface area contributed by atoms with Gasteiger partial charge in [-0.05, 0) is 34.2 Å². The summed E-state index contributed by atoms with van der Waals surface area (Å²) in [5.74, 6) is -1.46. The number of pyridine rings is 1. The fraction of sp³-hybridized carbons (Fsp3) is 0.611. The summed E-state index contributed by atoms with van der Waals surface area (Å²) in [5.41, 5.74) is -0.857. The van der Waals surface area contributed by atoms with E-state index in [1.165, 1.54) is 0 Å². The van der Waals surface area contributed by atoms with Crippen LogP contribution in [0.1, 0.15) is 43.1 Å². The summed E-state index contributed by atoms with van der Waals surface area (Å²) < 4.78 is 25.8. The molecule has 1 fully saturated rings. The largest absolute Gasteiger partial charge is 0.443 e. The topological polar surface area (TPSA) is 92.8 Å². The van der Waals surface area contributed by atoms with Crippen LogP contribution in [-0.2, 0) is 16.0 Å². The predicted octanol–water partition coefficient (Wildman–Crippen LogP) is 2.55. The van der Waals surface area contributed by atoms with Gasteiger partial charge in [-0.2, -0.15) is 0 Å². The smallest absolute Gasteiger partial charge is 0.417 e. The van der Waals surface area contributed by atoms with Gasteiger partial charge in [0, 0.05) is 18.2 Å². The maximum Gasteiger partial charge on any atom is 0.417 e. The maximum absolute atomic E-state index is 15.1. The molecule has 0 spiro atoms. The number of halogens is 2. The summed E-state index contributed by atoms with van der Waals surface area (Å²) in [4.78, 5) is 29.8. The van der Waals surface area contributed by atoms with Gasteiger partial charge in [0.05, 0.1) is 24.8 Å². The Hall–Kier alpha value is -1.97. The third-order valence-electron chi connectivity index (χ3n) is 4.63. The molecule has 2 amide bonds. The first-order valence-corrected chi connectivity index (χ1v) is 9.44. The Balaban J connectivity index is 1.86. The highest BCUT2D eigenvalue weighted by molar-refractivity contribution is 6.33. The van der Waals surface area contributed by atoms with E-state index >= 15 is 4.39 Å². The standard InChI is InChI=1S/C18H24ClFN4O4/c1-18(2,3)28-17(26)24-7-9-12(16(24)25)14(19)23-15(13(9)20)22-10-5-6-27-8-11(10)21-4/h10-11,21H,5-8H2,1-4H3,(H,22,23). The van der Waals surface area contributed by atoms with Gasteiger partial charge in [0.1, 0.15) is 10.8 Å². The number of hydrogen-bond donors (Lipinski definition) is 2. The van der Waals surface area contributed by atoms with Crippen LogP contribution in [0.15, 0.2) is 0 Å². The van der Waals surface area contributed by atoms with Crippen molar-refractivity contribution in [2.75, 3.05) is 25.6 Å². The van der Waals surface area contributed by atoms with Gasteiger partial charge in [0.15, 0.2) is 11.6 Å². The molecule has 28 heavy (non-hydrogen) atoms. The lowest BCUT2D eigenvalue weighted by atomic mass is 10.0. The van der Waals surface area contributed by atoms with Crippen molar-refractivity contribution in [3.63, 3.8) is 0 Å². The zero-order valence-corrected chi connectivity index (χ0v) is 17.0. The third kappa shape index (κ3) is 4.06. The van der Waals surface area contributed by atoms with Crippen LogP contribution in [0, 0.1) is 5.82 Å². The molecule has 2 aliphatic heterocycles. The van der Waals surface area contributed by atoms with E-state index in [9.17, 15) is 9.59 Å². The highest BCUT2D eigenvalue weighted by Crippen LogP contribution is 2.34. The molecule has 1 aromatic rings. The minimum atomic E-state index is -0.849. The van der Waals surface area contributed by atoms with Crippen molar-refractivity contribution in [3.8, 4) is 0 Å². The monoisotopic (exact) mass is 414 g/mol. The Morgan fingerprint density at radius 3 is 2.75 bits per heavy atom. The minimum absolute atomic E-state index is 0.0260. The summed E-state index contributed by atoms with van der Waals surface area (Å²) in [6, 6.07) is -0.143. The number of hydrogen-bond acceptors (Lipinski definition) is 7. The van der Waals surface area contributed by atoms with E-state index in [0.717, 1.165) is 4.90 Å². The van der Waals surface area contributed by atoms with Crippen LogP contribution < -0.4 is 10.6 Å². The SMILES string of the molecule is CNC1COCCC1Nc1nc(Cl)c2c(c1F)CN(C(=O)OC(C)(C)C)C2=O.